The molecule has 1 aromatic heterocycles. The van der Waals surface area contributed by atoms with Crippen molar-refractivity contribution in [3.8, 4) is 11.4 Å². The molecular weight excluding hydrogens is 351 g/mol. The average molecular weight is 377 g/mol. The molecule has 0 saturated heterocycles. The number of amides is 1. The molecule has 1 saturated carbocycles. The first-order chi connectivity index (χ1) is 12.6. The number of nitrogens with zero attached hydrogens (tertiary/aromatic N) is 3. The maximum absolute atomic E-state index is 13.9. The van der Waals surface area contributed by atoms with E-state index in [1.54, 1.807) is 18.2 Å². The number of hydrogen-bond donors (Lipinski definition) is 1. The quantitative estimate of drug-likeness (QED) is 0.765. The van der Waals surface area contributed by atoms with E-state index in [1.807, 2.05) is 18.7 Å². The molecular formula is C19H25FN4OS. The summed E-state index contributed by atoms with van der Waals surface area (Å²) in [5.41, 5.74) is 0.378. The first-order valence-corrected chi connectivity index (χ1v) is 10.1. The van der Waals surface area contributed by atoms with Crippen molar-refractivity contribution < 1.29 is 9.18 Å². The van der Waals surface area contributed by atoms with E-state index >= 15 is 0 Å². The Morgan fingerprint density at radius 3 is 2.77 bits per heavy atom. The van der Waals surface area contributed by atoms with Gasteiger partial charge in [0, 0.05) is 12.6 Å². The summed E-state index contributed by atoms with van der Waals surface area (Å²) in [4.78, 5) is 19.2. The van der Waals surface area contributed by atoms with Gasteiger partial charge in [0.2, 0.25) is 11.1 Å². The summed E-state index contributed by atoms with van der Waals surface area (Å²) in [6.45, 7) is 4.65. The minimum atomic E-state index is -0.348. The van der Waals surface area contributed by atoms with Gasteiger partial charge in [0.15, 0.2) is 5.82 Å². The Kier molecular flexibility index (Phi) is 6.29. The van der Waals surface area contributed by atoms with Crippen LogP contribution in [0.15, 0.2) is 29.4 Å². The van der Waals surface area contributed by atoms with Crippen LogP contribution in [0, 0.1) is 5.82 Å². The molecule has 2 aromatic rings. The van der Waals surface area contributed by atoms with Crippen LogP contribution < -0.4 is 0 Å². The molecule has 26 heavy (non-hydrogen) atoms. The van der Waals surface area contributed by atoms with Crippen LogP contribution in [0.4, 0.5) is 4.39 Å². The lowest BCUT2D eigenvalue weighted by Crippen LogP contribution is -2.44. The average Bonchev–Trinajstić information content (AvgIpc) is 3.11. The van der Waals surface area contributed by atoms with Gasteiger partial charge in [-0.1, -0.05) is 43.2 Å². The molecule has 0 bridgehead atoms. The van der Waals surface area contributed by atoms with Crippen LogP contribution in [0.2, 0.25) is 0 Å². The number of thioether (sulfide) groups is 1. The second-order valence-electron chi connectivity index (χ2n) is 6.62. The van der Waals surface area contributed by atoms with E-state index in [0.717, 1.165) is 19.4 Å². The van der Waals surface area contributed by atoms with Gasteiger partial charge in [0.25, 0.3) is 0 Å². The Labute approximate surface area is 157 Å². The van der Waals surface area contributed by atoms with Gasteiger partial charge in [0.1, 0.15) is 5.82 Å². The van der Waals surface area contributed by atoms with Crippen molar-refractivity contribution in [1.29, 1.82) is 0 Å². The Hall–Kier alpha value is -1.89. The van der Waals surface area contributed by atoms with E-state index in [-0.39, 0.29) is 17.0 Å². The molecule has 1 aromatic carbocycles. The van der Waals surface area contributed by atoms with Crippen molar-refractivity contribution in [2.45, 2.75) is 62.4 Å². The summed E-state index contributed by atoms with van der Waals surface area (Å²) in [5, 5.41) is 7.10. The van der Waals surface area contributed by atoms with Gasteiger partial charge in [-0.2, -0.15) is 0 Å². The summed E-state index contributed by atoms with van der Waals surface area (Å²) in [6.07, 6.45) is 5.85. The molecule has 0 radical (unpaired) electrons. The monoisotopic (exact) mass is 376 g/mol. The van der Waals surface area contributed by atoms with Crippen LogP contribution in [-0.2, 0) is 4.79 Å². The Morgan fingerprint density at radius 2 is 2.08 bits per heavy atom. The zero-order chi connectivity index (χ0) is 18.5. The molecule has 1 N–H and O–H groups in total. The van der Waals surface area contributed by atoms with Crippen LogP contribution in [0.5, 0.6) is 0 Å². The van der Waals surface area contributed by atoms with Crippen LogP contribution in [0.3, 0.4) is 0 Å². The second-order valence-corrected chi connectivity index (χ2v) is 7.93. The third-order valence-electron chi connectivity index (χ3n) is 4.86. The number of benzene rings is 1. The zero-order valence-electron chi connectivity index (χ0n) is 15.2. The van der Waals surface area contributed by atoms with Crippen molar-refractivity contribution in [1.82, 2.24) is 20.1 Å². The first-order valence-electron chi connectivity index (χ1n) is 9.24. The predicted octanol–water partition coefficient (Wildman–Crippen LogP) is 4.27. The third kappa shape index (κ3) is 4.26. The molecule has 1 unspecified atom stereocenters. The highest BCUT2D eigenvalue weighted by Crippen LogP contribution is 2.28. The molecule has 3 rings (SSSR count). The molecule has 1 amide bonds. The highest BCUT2D eigenvalue weighted by Gasteiger charge is 2.28. The molecule has 0 aliphatic heterocycles. The van der Waals surface area contributed by atoms with Gasteiger partial charge < -0.3 is 4.90 Å². The molecule has 1 aliphatic carbocycles. The Balaban J connectivity index is 1.66. The van der Waals surface area contributed by atoms with Crippen molar-refractivity contribution >= 4 is 17.7 Å². The fourth-order valence-corrected chi connectivity index (χ4v) is 4.30. The molecule has 1 heterocycles. The first kappa shape index (κ1) is 18.9. The van der Waals surface area contributed by atoms with Gasteiger partial charge in [-0.15, -0.1) is 5.10 Å². The van der Waals surface area contributed by atoms with Crippen molar-refractivity contribution in [2.75, 3.05) is 6.54 Å². The van der Waals surface area contributed by atoms with Crippen LogP contribution in [0.1, 0.15) is 46.0 Å². The number of carbonyl (C=O) groups excluding carboxylic acids is 1. The van der Waals surface area contributed by atoms with Crippen molar-refractivity contribution in [3.05, 3.63) is 30.1 Å². The number of nitrogens with one attached hydrogen (secondary N) is 1. The SMILES string of the molecule is CCN(C(=O)C(C)Sc1n[nH]c(-c2ccccc2F)n1)C1CCCCC1. The topological polar surface area (TPSA) is 61.9 Å². The number of rotatable bonds is 6. The van der Waals surface area contributed by atoms with Crippen LogP contribution in [-0.4, -0.2) is 43.8 Å². The minimum absolute atomic E-state index is 0.127. The molecule has 1 fully saturated rings. The minimum Gasteiger partial charge on any atom is -0.339 e. The van der Waals surface area contributed by atoms with Crippen molar-refractivity contribution in [2.24, 2.45) is 0 Å². The number of halogens is 1. The summed E-state index contributed by atoms with van der Waals surface area (Å²) in [6, 6.07) is 6.78. The summed E-state index contributed by atoms with van der Waals surface area (Å²) in [5.74, 6) is 0.158. The van der Waals surface area contributed by atoms with Gasteiger partial charge >= 0.3 is 0 Å². The number of H-pyrrole nitrogens is 1. The lowest BCUT2D eigenvalue weighted by molar-refractivity contribution is -0.133. The van der Waals surface area contributed by atoms with Gasteiger partial charge in [0.05, 0.1) is 10.8 Å². The largest absolute Gasteiger partial charge is 0.339 e. The van der Waals surface area contributed by atoms with Crippen LogP contribution in [0.25, 0.3) is 11.4 Å². The van der Waals surface area contributed by atoms with Crippen molar-refractivity contribution in [3.63, 3.8) is 0 Å². The molecule has 0 spiro atoms. The molecule has 7 heteroatoms. The predicted molar refractivity (Wildman–Crippen MR) is 101 cm³/mol. The molecule has 1 atom stereocenters. The smallest absolute Gasteiger partial charge is 0.236 e. The lowest BCUT2D eigenvalue weighted by atomic mass is 9.94. The summed E-state index contributed by atoms with van der Waals surface area (Å²) < 4.78 is 13.9. The molecule has 1 aliphatic rings. The number of aromatic amines is 1. The van der Waals surface area contributed by atoms with Gasteiger partial charge in [-0.05, 0) is 38.8 Å². The van der Waals surface area contributed by atoms with E-state index < -0.39 is 0 Å². The normalized spacial score (nSPS) is 16.4. The third-order valence-corrected chi connectivity index (χ3v) is 5.81. The number of hydrogen-bond acceptors (Lipinski definition) is 4. The van der Waals surface area contributed by atoms with E-state index in [1.165, 1.54) is 37.1 Å². The maximum atomic E-state index is 13.9. The van der Waals surface area contributed by atoms with E-state index in [0.29, 0.717) is 22.6 Å². The fourth-order valence-electron chi connectivity index (χ4n) is 3.50. The highest BCUT2D eigenvalue weighted by atomic mass is 32.2. The highest BCUT2D eigenvalue weighted by molar-refractivity contribution is 8.00. The summed E-state index contributed by atoms with van der Waals surface area (Å²) >= 11 is 1.31. The Morgan fingerprint density at radius 1 is 1.35 bits per heavy atom. The molecule has 5 nitrogen and oxygen atoms in total. The Bertz CT molecular complexity index is 745. The fraction of sp³-hybridized carbons (Fsp3) is 0.526. The van der Waals surface area contributed by atoms with Gasteiger partial charge in [-0.3, -0.25) is 9.89 Å². The standard InChI is InChI=1S/C19H25FN4OS/c1-3-24(14-9-5-4-6-10-14)18(25)13(2)26-19-21-17(22-23-19)15-11-7-8-12-16(15)20/h7-8,11-14H,3-6,9-10H2,1-2H3,(H,21,22,23). The maximum Gasteiger partial charge on any atom is 0.236 e. The van der Waals surface area contributed by atoms with Gasteiger partial charge in [-0.25, -0.2) is 9.37 Å². The second kappa shape index (κ2) is 8.66. The van der Waals surface area contributed by atoms with E-state index in [4.69, 9.17) is 0 Å². The summed E-state index contributed by atoms with van der Waals surface area (Å²) in [7, 11) is 0. The van der Waals surface area contributed by atoms with E-state index in [2.05, 4.69) is 15.2 Å². The molecule has 140 valence electrons. The van der Waals surface area contributed by atoms with E-state index in [9.17, 15) is 9.18 Å². The zero-order valence-corrected chi connectivity index (χ0v) is 16.1. The number of aromatic nitrogens is 3. The lowest BCUT2D eigenvalue weighted by Gasteiger charge is -2.35. The van der Waals surface area contributed by atoms with Crippen LogP contribution >= 0.6 is 11.8 Å². The number of carbonyl (C=O) groups is 1.